The lowest BCUT2D eigenvalue weighted by Gasteiger charge is -2.22. The van der Waals surface area contributed by atoms with Crippen molar-refractivity contribution >= 4 is 27.6 Å². The molecule has 0 radical (unpaired) electrons. The molecule has 3 aromatic carbocycles. The molecule has 0 aliphatic rings. The average Bonchev–Trinajstić information content (AvgIpc) is 3.37. The molecule has 4 rings (SSSR count). The minimum atomic E-state index is -3.81. The molecule has 36 heavy (non-hydrogen) atoms. The van der Waals surface area contributed by atoms with Gasteiger partial charge in [0.05, 0.1) is 30.4 Å². The number of ether oxygens (including phenoxy) is 2. The van der Waals surface area contributed by atoms with Gasteiger partial charge in [-0.25, -0.2) is 8.42 Å². The van der Waals surface area contributed by atoms with Gasteiger partial charge in [0.2, 0.25) is 0 Å². The van der Waals surface area contributed by atoms with Crippen LogP contribution >= 0.6 is 0 Å². The summed E-state index contributed by atoms with van der Waals surface area (Å²) in [7, 11) is -0.804. The topological polar surface area (TPSA) is 124 Å². The molecule has 11 heteroatoms. The molecule has 0 saturated carbocycles. The van der Waals surface area contributed by atoms with Crippen LogP contribution in [0.3, 0.4) is 0 Å². The molecule has 0 bridgehead atoms. The Bertz CT molecular complexity index is 1450. The van der Waals surface area contributed by atoms with Gasteiger partial charge in [-0.2, -0.15) is 0 Å². The molecule has 1 heterocycles. The third kappa shape index (κ3) is 4.86. The van der Waals surface area contributed by atoms with E-state index < -0.39 is 15.9 Å². The lowest BCUT2D eigenvalue weighted by molar-refractivity contribution is 0.102. The zero-order valence-electron chi connectivity index (χ0n) is 19.8. The fourth-order valence-electron chi connectivity index (χ4n) is 3.60. The molecular formula is C25H24N4O6S. The molecule has 0 fully saturated rings. The average molecular weight is 509 g/mol. The van der Waals surface area contributed by atoms with E-state index in [1.807, 2.05) is 6.07 Å². The molecule has 0 saturated heterocycles. The summed E-state index contributed by atoms with van der Waals surface area (Å²) in [5.41, 5.74) is 1.27. The summed E-state index contributed by atoms with van der Waals surface area (Å²) in [5, 5.41) is 10.4. The van der Waals surface area contributed by atoms with Gasteiger partial charge in [-0.1, -0.05) is 29.4 Å². The summed E-state index contributed by atoms with van der Waals surface area (Å²) in [5.74, 6) is 0.489. The summed E-state index contributed by atoms with van der Waals surface area (Å²) in [6, 6.07) is 19.5. The highest BCUT2D eigenvalue weighted by Gasteiger charge is 2.24. The van der Waals surface area contributed by atoms with E-state index in [2.05, 4.69) is 15.5 Å². The second-order valence-corrected chi connectivity index (χ2v) is 9.30. The van der Waals surface area contributed by atoms with E-state index in [-0.39, 0.29) is 28.9 Å². The van der Waals surface area contributed by atoms with Crippen molar-refractivity contribution in [1.29, 1.82) is 0 Å². The van der Waals surface area contributed by atoms with E-state index in [4.69, 9.17) is 13.9 Å². The van der Waals surface area contributed by atoms with Crippen molar-refractivity contribution in [2.24, 2.45) is 0 Å². The number of sulfonamides is 1. The lowest BCUT2D eigenvalue weighted by Crippen LogP contribution is -2.30. The molecule has 1 N–H and O–H groups in total. The first-order valence-corrected chi connectivity index (χ1v) is 12.4. The third-order valence-corrected chi connectivity index (χ3v) is 7.23. The summed E-state index contributed by atoms with van der Waals surface area (Å²) in [6.07, 6.45) is 0. The van der Waals surface area contributed by atoms with Crippen LogP contribution < -0.4 is 19.1 Å². The number of para-hydroxylation sites is 2. The Morgan fingerprint density at radius 1 is 0.944 bits per heavy atom. The van der Waals surface area contributed by atoms with Crippen molar-refractivity contribution in [3.8, 4) is 23.0 Å². The number of aromatic nitrogens is 2. The smallest absolute Gasteiger partial charge is 0.322 e. The Labute approximate surface area is 208 Å². The molecule has 0 unspecified atom stereocenters. The second kappa shape index (κ2) is 10.5. The molecule has 0 aliphatic carbocycles. The van der Waals surface area contributed by atoms with Crippen LogP contribution in [-0.4, -0.2) is 45.3 Å². The van der Waals surface area contributed by atoms with Crippen LogP contribution in [-0.2, 0) is 10.0 Å². The number of benzene rings is 3. The third-order valence-electron chi connectivity index (χ3n) is 5.31. The predicted octanol–water partition coefficient (Wildman–Crippen LogP) is 4.22. The number of nitrogens with one attached hydrogen (secondary N) is 1. The highest BCUT2D eigenvalue weighted by Crippen LogP contribution is 2.37. The molecule has 0 atom stereocenters. The van der Waals surface area contributed by atoms with Gasteiger partial charge in [0.1, 0.15) is 0 Å². The van der Waals surface area contributed by atoms with Gasteiger partial charge in [-0.05, 0) is 55.5 Å². The Hall–Kier alpha value is -4.38. The zero-order valence-corrected chi connectivity index (χ0v) is 20.7. The number of carbonyl (C=O) groups is 1. The Morgan fingerprint density at radius 3 is 2.31 bits per heavy atom. The van der Waals surface area contributed by atoms with E-state index >= 15 is 0 Å². The fourth-order valence-corrected chi connectivity index (χ4v) is 5.07. The first-order chi connectivity index (χ1) is 17.4. The Balaban J connectivity index is 1.51. The van der Waals surface area contributed by atoms with E-state index in [1.165, 1.54) is 42.8 Å². The quantitative estimate of drug-likeness (QED) is 0.356. The molecule has 1 amide bonds. The minimum absolute atomic E-state index is 0.0648. The summed E-state index contributed by atoms with van der Waals surface area (Å²) >= 11 is 0. The first kappa shape index (κ1) is 24.7. The van der Waals surface area contributed by atoms with Gasteiger partial charge in [0.25, 0.3) is 21.8 Å². The maximum absolute atomic E-state index is 13.1. The van der Waals surface area contributed by atoms with E-state index in [9.17, 15) is 13.2 Å². The van der Waals surface area contributed by atoms with Crippen LogP contribution in [0.5, 0.6) is 11.5 Å². The molecule has 10 nitrogen and oxygen atoms in total. The molecule has 0 aliphatic heterocycles. The van der Waals surface area contributed by atoms with Gasteiger partial charge in [0.15, 0.2) is 11.5 Å². The largest absolute Gasteiger partial charge is 0.493 e. The Morgan fingerprint density at radius 2 is 1.67 bits per heavy atom. The van der Waals surface area contributed by atoms with Gasteiger partial charge < -0.3 is 13.9 Å². The second-order valence-electron chi connectivity index (χ2n) is 7.44. The number of amides is 1. The standard InChI is InChI=1S/C25H24N4O6S/c1-4-29(18-9-6-5-7-10-18)36(31,32)19-15-13-17(14-16-19)23(30)26-25-28-27-24(35-25)20-11-8-12-21(33-2)22(20)34-3/h5-16H,4H2,1-3H3,(H,26,28,30). The molecule has 4 aromatic rings. The maximum atomic E-state index is 13.1. The van der Waals surface area contributed by atoms with E-state index in [0.717, 1.165) is 0 Å². The molecule has 186 valence electrons. The number of nitrogens with zero attached hydrogens (tertiary/aromatic N) is 3. The van der Waals surface area contributed by atoms with Crippen molar-refractivity contribution in [3.05, 3.63) is 78.4 Å². The van der Waals surface area contributed by atoms with Crippen molar-refractivity contribution in [2.45, 2.75) is 11.8 Å². The number of hydrogen-bond acceptors (Lipinski definition) is 8. The number of methoxy groups -OCH3 is 2. The predicted molar refractivity (Wildman–Crippen MR) is 134 cm³/mol. The van der Waals surface area contributed by atoms with Crippen molar-refractivity contribution in [3.63, 3.8) is 0 Å². The van der Waals surface area contributed by atoms with Gasteiger partial charge >= 0.3 is 6.01 Å². The zero-order chi connectivity index (χ0) is 25.7. The van der Waals surface area contributed by atoms with Gasteiger partial charge in [-0.3, -0.25) is 14.4 Å². The fraction of sp³-hybridized carbons (Fsp3) is 0.160. The van der Waals surface area contributed by atoms with Crippen LogP contribution in [0.25, 0.3) is 11.5 Å². The summed E-state index contributed by atoms with van der Waals surface area (Å²) in [6.45, 7) is 2.01. The van der Waals surface area contributed by atoms with Crippen LogP contribution in [0, 0.1) is 0 Å². The maximum Gasteiger partial charge on any atom is 0.322 e. The monoisotopic (exact) mass is 508 g/mol. The number of carbonyl (C=O) groups excluding carboxylic acids is 1. The van der Waals surface area contributed by atoms with Crippen LogP contribution in [0.1, 0.15) is 17.3 Å². The highest BCUT2D eigenvalue weighted by molar-refractivity contribution is 7.92. The van der Waals surface area contributed by atoms with Crippen LogP contribution in [0.2, 0.25) is 0 Å². The summed E-state index contributed by atoms with van der Waals surface area (Å²) in [4.78, 5) is 12.8. The van der Waals surface area contributed by atoms with Crippen LogP contribution in [0.15, 0.2) is 82.1 Å². The lowest BCUT2D eigenvalue weighted by atomic mass is 10.2. The normalized spacial score (nSPS) is 11.1. The SMILES string of the molecule is CCN(c1ccccc1)S(=O)(=O)c1ccc(C(=O)Nc2nnc(-c3cccc(OC)c3OC)o2)cc1. The van der Waals surface area contributed by atoms with Gasteiger partial charge in [-0.15, -0.1) is 5.10 Å². The van der Waals surface area contributed by atoms with Crippen LogP contribution in [0.4, 0.5) is 11.7 Å². The highest BCUT2D eigenvalue weighted by atomic mass is 32.2. The van der Waals surface area contributed by atoms with E-state index in [1.54, 1.807) is 49.4 Å². The van der Waals surface area contributed by atoms with Crippen molar-refractivity contribution in [1.82, 2.24) is 10.2 Å². The number of anilines is 2. The summed E-state index contributed by atoms with van der Waals surface area (Å²) < 4.78 is 43.8. The van der Waals surface area contributed by atoms with Gasteiger partial charge in [0, 0.05) is 12.1 Å². The molecular weight excluding hydrogens is 484 g/mol. The van der Waals surface area contributed by atoms with Crippen molar-refractivity contribution < 1.29 is 27.1 Å². The number of hydrogen-bond donors (Lipinski definition) is 1. The van der Waals surface area contributed by atoms with E-state index in [0.29, 0.717) is 22.7 Å². The molecule has 0 spiro atoms. The molecule has 1 aromatic heterocycles. The first-order valence-electron chi connectivity index (χ1n) is 10.9. The number of rotatable bonds is 9. The van der Waals surface area contributed by atoms with Crippen molar-refractivity contribution in [2.75, 3.05) is 30.4 Å². The minimum Gasteiger partial charge on any atom is -0.493 e. The Kier molecular flexibility index (Phi) is 7.20.